The fraction of sp³-hybridized carbons (Fsp3) is 0.0169. The molecule has 290 valence electrons. The summed E-state index contributed by atoms with van der Waals surface area (Å²) < 4.78 is 9.64. The Morgan fingerprint density at radius 1 is 0.403 bits per heavy atom. The summed E-state index contributed by atoms with van der Waals surface area (Å²) in [5.41, 5.74) is 17.5. The largest absolute Gasteiger partial charge is 0.454 e. The fourth-order valence-electron chi connectivity index (χ4n) is 9.90. The van der Waals surface area contributed by atoms with E-state index in [1.807, 2.05) is 11.3 Å². The van der Waals surface area contributed by atoms with Crippen LogP contribution in [0.5, 0.6) is 0 Å². The van der Waals surface area contributed by atoms with E-state index in [-0.39, 0.29) is 0 Å². The molecule has 2 nitrogen and oxygen atoms in total. The summed E-state index contributed by atoms with van der Waals surface area (Å²) in [5, 5.41) is 7.24. The minimum Gasteiger partial charge on any atom is -0.454 e. The molecule has 62 heavy (non-hydrogen) atoms. The molecule has 0 saturated carbocycles. The number of benzene rings is 10. The highest BCUT2D eigenvalue weighted by atomic mass is 32.1. The maximum atomic E-state index is 7.15. The first-order chi connectivity index (χ1) is 30.7. The molecule has 12 aromatic rings. The molecule has 2 aromatic heterocycles. The normalized spacial score (nSPS) is 12.1. The first-order valence-electron chi connectivity index (χ1n) is 21.3. The SMILES string of the molecule is c1ccc(-c2ccc3sc4c(cc(N(c5ccc(-c6cccc7ccccc67)cc5)c5ccc6c(c5)Cc5ccccc5-6)c5oc6ccc(-c7ccccc7)cc6c54)c3c2)cc1. The molecule has 0 fully saturated rings. The van der Waals surface area contributed by atoms with E-state index in [0.29, 0.717) is 0 Å². The van der Waals surface area contributed by atoms with Crippen molar-refractivity contribution in [3.8, 4) is 44.5 Å². The van der Waals surface area contributed by atoms with E-state index in [9.17, 15) is 0 Å². The number of furan rings is 1. The summed E-state index contributed by atoms with van der Waals surface area (Å²) in [6.45, 7) is 0. The third kappa shape index (κ3) is 5.56. The van der Waals surface area contributed by atoms with Crippen molar-refractivity contribution in [1.82, 2.24) is 0 Å². The third-order valence-corrected chi connectivity index (χ3v) is 14.1. The minimum atomic E-state index is 0.881. The molecule has 3 heteroatoms. The zero-order chi connectivity index (χ0) is 40.7. The average Bonchev–Trinajstić information content (AvgIpc) is 4.03. The molecule has 2 heterocycles. The van der Waals surface area contributed by atoms with Crippen LogP contribution in [-0.4, -0.2) is 0 Å². The summed E-state index contributed by atoms with van der Waals surface area (Å²) in [6, 6.07) is 77.6. The Labute approximate surface area is 363 Å². The standard InChI is InChI=1S/C59H37NOS/c1-3-12-37(13-4-1)41-24-30-55-53(35-41)57-58(61-55)54(36-52-51-34-42(38-14-5-2-6-15-38)25-31-56(51)62-59(52)57)60(46-28-29-50-44(33-46)32-43-17-8-10-20-49(43)50)45-26-22-40(23-27-45)48-21-11-18-39-16-7-9-19-47(39)48/h1-31,33-36H,32H2. The summed E-state index contributed by atoms with van der Waals surface area (Å²) in [6.07, 6.45) is 0.909. The van der Waals surface area contributed by atoms with E-state index in [4.69, 9.17) is 4.42 Å². The Balaban J connectivity index is 1.09. The number of anilines is 3. The van der Waals surface area contributed by atoms with Gasteiger partial charge in [-0.15, -0.1) is 11.3 Å². The van der Waals surface area contributed by atoms with Crippen molar-refractivity contribution in [3.05, 3.63) is 223 Å². The van der Waals surface area contributed by atoms with Gasteiger partial charge in [-0.05, 0) is 127 Å². The van der Waals surface area contributed by atoms with E-state index in [1.165, 1.54) is 86.6 Å². The van der Waals surface area contributed by atoms with Gasteiger partial charge in [0.25, 0.3) is 0 Å². The van der Waals surface area contributed by atoms with Gasteiger partial charge >= 0.3 is 0 Å². The third-order valence-electron chi connectivity index (χ3n) is 12.9. The molecule has 13 rings (SSSR count). The van der Waals surface area contributed by atoms with E-state index >= 15 is 0 Å². The topological polar surface area (TPSA) is 16.4 Å². The Bertz CT molecular complexity index is 3710. The Hall–Kier alpha value is -7.72. The molecular formula is C59H37NOS. The lowest BCUT2D eigenvalue weighted by atomic mass is 9.97. The van der Waals surface area contributed by atoms with Crippen molar-refractivity contribution in [2.24, 2.45) is 0 Å². The molecular weight excluding hydrogens is 771 g/mol. The summed E-state index contributed by atoms with van der Waals surface area (Å²) in [5.74, 6) is 0. The summed E-state index contributed by atoms with van der Waals surface area (Å²) >= 11 is 1.86. The van der Waals surface area contributed by atoms with Crippen molar-refractivity contribution >= 4 is 81.3 Å². The van der Waals surface area contributed by atoms with Crippen molar-refractivity contribution in [1.29, 1.82) is 0 Å². The van der Waals surface area contributed by atoms with E-state index in [0.717, 1.165) is 45.4 Å². The van der Waals surface area contributed by atoms with Crippen LogP contribution in [0.25, 0.3) is 97.4 Å². The lowest BCUT2D eigenvalue weighted by Gasteiger charge is -2.27. The molecule has 1 aliphatic rings. The molecule has 0 saturated heterocycles. The van der Waals surface area contributed by atoms with Crippen LogP contribution >= 0.6 is 11.3 Å². The molecule has 0 bridgehead atoms. The first-order valence-corrected chi connectivity index (χ1v) is 22.1. The number of nitrogens with zero attached hydrogens (tertiary/aromatic N) is 1. The van der Waals surface area contributed by atoms with Gasteiger partial charge in [0.2, 0.25) is 0 Å². The van der Waals surface area contributed by atoms with Crippen LogP contribution in [0.15, 0.2) is 217 Å². The van der Waals surface area contributed by atoms with Gasteiger partial charge in [-0.2, -0.15) is 0 Å². The second kappa shape index (κ2) is 13.9. The van der Waals surface area contributed by atoms with Crippen molar-refractivity contribution < 1.29 is 4.42 Å². The Morgan fingerprint density at radius 2 is 1.05 bits per heavy atom. The van der Waals surface area contributed by atoms with Gasteiger partial charge in [-0.1, -0.05) is 158 Å². The van der Waals surface area contributed by atoms with Crippen LogP contribution in [0.3, 0.4) is 0 Å². The minimum absolute atomic E-state index is 0.881. The quantitative estimate of drug-likeness (QED) is 0.166. The molecule has 0 amide bonds. The van der Waals surface area contributed by atoms with Gasteiger partial charge in [0.1, 0.15) is 5.58 Å². The number of thiophene rings is 1. The van der Waals surface area contributed by atoms with Crippen LogP contribution in [0.2, 0.25) is 0 Å². The maximum absolute atomic E-state index is 7.15. The lowest BCUT2D eigenvalue weighted by molar-refractivity contribution is 0.669. The van der Waals surface area contributed by atoms with Crippen molar-refractivity contribution in [2.45, 2.75) is 6.42 Å². The highest BCUT2D eigenvalue weighted by molar-refractivity contribution is 7.26. The fourth-order valence-corrected chi connectivity index (χ4v) is 11.1. The van der Waals surface area contributed by atoms with Crippen LogP contribution in [0.1, 0.15) is 11.1 Å². The van der Waals surface area contributed by atoms with Crippen LogP contribution in [0.4, 0.5) is 17.1 Å². The highest BCUT2D eigenvalue weighted by Gasteiger charge is 2.26. The van der Waals surface area contributed by atoms with Crippen LogP contribution < -0.4 is 4.90 Å². The van der Waals surface area contributed by atoms with E-state index < -0.39 is 0 Å². The zero-order valence-electron chi connectivity index (χ0n) is 33.7. The molecule has 0 unspecified atom stereocenters. The molecule has 0 spiro atoms. The average molecular weight is 808 g/mol. The molecule has 10 aromatic carbocycles. The van der Waals surface area contributed by atoms with Gasteiger partial charge < -0.3 is 9.32 Å². The molecule has 0 atom stereocenters. The van der Waals surface area contributed by atoms with Gasteiger partial charge in [-0.3, -0.25) is 0 Å². The van der Waals surface area contributed by atoms with Crippen LogP contribution in [-0.2, 0) is 6.42 Å². The predicted molar refractivity (Wildman–Crippen MR) is 263 cm³/mol. The summed E-state index contributed by atoms with van der Waals surface area (Å²) in [4.78, 5) is 2.43. The second-order valence-electron chi connectivity index (χ2n) is 16.4. The highest BCUT2D eigenvalue weighted by Crippen LogP contribution is 2.51. The monoisotopic (exact) mass is 807 g/mol. The van der Waals surface area contributed by atoms with Gasteiger partial charge in [-0.25, -0.2) is 0 Å². The van der Waals surface area contributed by atoms with Crippen molar-refractivity contribution in [2.75, 3.05) is 4.90 Å². The number of hydrogen-bond acceptors (Lipinski definition) is 3. The van der Waals surface area contributed by atoms with Gasteiger partial charge in [0.15, 0.2) is 5.58 Å². The maximum Gasteiger partial charge on any atom is 0.160 e. The Kier molecular flexibility index (Phi) is 7.88. The molecule has 0 N–H and O–H groups in total. The first kappa shape index (κ1) is 35.1. The number of hydrogen-bond donors (Lipinski definition) is 0. The zero-order valence-corrected chi connectivity index (χ0v) is 34.5. The number of rotatable bonds is 6. The van der Waals surface area contributed by atoms with Gasteiger partial charge in [0, 0.05) is 42.3 Å². The Morgan fingerprint density at radius 3 is 1.87 bits per heavy atom. The molecule has 1 aliphatic carbocycles. The lowest BCUT2D eigenvalue weighted by Crippen LogP contribution is -2.10. The van der Waals surface area contributed by atoms with Crippen LogP contribution in [0, 0.1) is 0 Å². The van der Waals surface area contributed by atoms with Gasteiger partial charge in [0.05, 0.1) is 5.69 Å². The summed E-state index contributed by atoms with van der Waals surface area (Å²) in [7, 11) is 0. The van der Waals surface area contributed by atoms with E-state index in [1.54, 1.807) is 0 Å². The second-order valence-corrected chi connectivity index (χ2v) is 17.5. The van der Waals surface area contributed by atoms with Crippen molar-refractivity contribution in [3.63, 3.8) is 0 Å². The predicted octanol–water partition coefficient (Wildman–Crippen LogP) is 17.1. The smallest absolute Gasteiger partial charge is 0.160 e. The van der Waals surface area contributed by atoms with E-state index in [2.05, 4.69) is 217 Å². The molecule has 0 aliphatic heterocycles. The molecule has 0 radical (unpaired) electrons. The number of fused-ring (bicyclic) bond motifs is 11.